The number of nitrogens with one attached hydrogen (secondary N) is 1. The molecule has 1 aliphatic heterocycles. The van der Waals surface area contributed by atoms with Gasteiger partial charge in [0.2, 0.25) is 11.8 Å². The third-order valence-corrected chi connectivity index (χ3v) is 5.64. The number of aryl methyl sites for hydroxylation is 1. The van der Waals surface area contributed by atoms with Crippen molar-refractivity contribution >= 4 is 5.69 Å². The molecule has 3 aromatic carbocycles. The average molecular weight is 423 g/mol. The van der Waals surface area contributed by atoms with E-state index in [1.165, 1.54) is 11.3 Å². The van der Waals surface area contributed by atoms with Crippen LogP contribution in [0.5, 0.6) is 11.8 Å². The van der Waals surface area contributed by atoms with Crippen LogP contribution in [0.1, 0.15) is 23.1 Å². The molecule has 0 unspecified atom stereocenters. The molecule has 160 valence electrons. The minimum atomic E-state index is 0.454. The Morgan fingerprint density at radius 3 is 2.22 bits per heavy atom. The van der Waals surface area contributed by atoms with E-state index in [0.29, 0.717) is 25.0 Å². The highest BCUT2D eigenvalue weighted by Gasteiger charge is 2.15. The Hall–Kier alpha value is -3.79. The van der Waals surface area contributed by atoms with Crippen LogP contribution in [0, 0.1) is 0 Å². The van der Waals surface area contributed by atoms with Crippen LogP contribution in [0.3, 0.4) is 0 Å². The molecule has 4 heteroatoms. The molecule has 5 rings (SSSR count). The van der Waals surface area contributed by atoms with Gasteiger partial charge in [0.05, 0.1) is 0 Å². The maximum atomic E-state index is 6.21. The lowest BCUT2D eigenvalue weighted by atomic mass is 9.98. The average Bonchev–Trinajstić information content (AvgIpc) is 2.87. The van der Waals surface area contributed by atoms with Crippen LogP contribution >= 0.6 is 0 Å². The molecule has 0 saturated carbocycles. The Labute approximate surface area is 188 Å². The predicted molar refractivity (Wildman–Crippen MR) is 128 cm³/mol. The van der Waals surface area contributed by atoms with Crippen molar-refractivity contribution in [2.24, 2.45) is 0 Å². The van der Waals surface area contributed by atoms with Crippen molar-refractivity contribution in [1.82, 2.24) is 4.98 Å². The van der Waals surface area contributed by atoms with Crippen LogP contribution in [0.25, 0.3) is 11.1 Å². The molecule has 0 atom stereocenters. The number of hydrogen-bond donors (Lipinski definition) is 1. The zero-order valence-corrected chi connectivity index (χ0v) is 18.0. The van der Waals surface area contributed by atoms with Gasteiger partial charge in [-0.1, -0.05) is 66.7 Å². The largest absolute Gasteiger partial charge is 0.473 e. The van der Waals surface area contributed by atoms with Gasteiger partial charge in [0, 0.05) is 23.9 Å². The second kappa shape index (κ2) is 9.56. The van der Waals surface area contributed by atoms with Crippen molar-refractivity contribution in [2.45, 2.75) is 26.1 Å². The predicted octanol–water partition coefficient (Wildman–Crippen LogP) is 6.26. The Balaban J connectivity index is 1.43. The van der Waals surface area contributed by atoms with E-state index in [9.17, 15) is 0 Å². The smallest absolute Gasteiger partial charge is 0.225 e. The lowest BCUT2D eigenvalue weighted by molar-refractivity contribution is 0.268. The fourth-order valence-corrected chi connectivity index (χ4v) is 3.93. The summed E-state index contributed by atoms with van der Waals surface area (Å²) < 4.78 is 12.2. The Morgan fingerprint density at radius 2 is 1.47 bits per heavy atom. The van der Waals surface area contributed by atoms with Crippen LogP contribution < -0.4 is 14.8 Å². The SMILES string of the molecule is c1ccc(COc2ccc(-c3ccc4c(c3)CCCN4)c(OCc3ccccc3)n2)cc1. The van der Waals surface area contributed by atoms with E-state index < -0.39 is 0 Å². The topological polar surface area (TPSA) is 43.4 Å². The lowest BCUT2D eigenvalue weighted by Gasteiger charge is -2.19. The summed E-state index contributed by atoms with van der Waals surface area (Å²) in [6, 6.07) is 30.8. The number of nitrogens with zero attached hydrogens (tertiary/aromatic N) is 1. The highest BCUT2D eigenvalue weighted by atomic mass is 16.5. The first-order valence-corrected chi connectivity index (χ1v) is 11.1. The molecule has 4 aromatic rings. The summed E-state index contributed by atoms with van der Waals surface area (Å²) in [4.78, 5) is 4.73. The zero-order valence-electron chi connectivity index (χ0n) is 18.0. The fourth-order valence-electron chi connectivity index (χ4n) is 3.93. The molecule has 0 radical (unpaired) electrons. The van der Waals surface area contributed by atoms with Gasteiger partial charge in [0.15, 0.2) is 0 Å². The van der Waals surface area contributed by atoms with Crippen LogP contribution in [-0.2, 0) is 19.6 Å². The Bertz CT molecular complexity index is 1180. The van der Waals surface area contributed by atoms with Crippen LogP contribution in [0.2, 0.25) is 0 Å². The fraction of sp³-hybridized carbons (Fsp3) is 0.179. The highest BCUT2D eigenvalue weighted by molar-refractivity contribution is 5.73. The van der Waals surface area contributed by atoms with Gasteiger partial charge in [0.1, 0.15) is 13.2 Å². The van der Waals surface area contributed by atoms with Crippen molar-refractivity contribution in [2.75, 3.05) is 11.9 Å². The number of ether oxygens (including phenoxy) is 2. The number of fused-ring (bicyclic) bond motifs is 1. The van der Waals surface area contributed by atoms with Crippen LogP contribution in [-0.4, -0.2) is 11.5 Å². The number of benzene rings is 3. The van der Waals surface area contributed by atoms with Gasteiger partial charge in [-0.2, -0.15) is 4.98 Å². The van der Waals surface area contributed by atoms with Crippen LogP contribution in [0.15, 0.2) is 91.0 Å². The first-order chi connectivity index (χ1) is 15.8. The van der Waals surface area contributed by atoms with Gasteiger partial charge < -0.3 is 14.8 Å². The van der Waals surface area contributed by atoms with E-state index >= 15 is 0 Å². The van der Waals surface area contributed by atoms with Gasteiger partial charge >= 0.3 is 0 Å². The van der Waals surface area contributed by atoms with Crippen molar-refractivity contribution in [3.63, 3.8) is 0 Å². The first kappa shape index (κ1) is 20.1. The molecule has 1 aliphatic rings. The molecule has 0 amide bonds. The normalized spacial score (nSPS) is 12.5. The van der Waals surface area contributed by atoms with E-state index in [1.54, 1.807) is 0 Å². The number of pyridine rings is 1. The monoisotopic (exact) mass is 422 g/mol. The van der Waals surface area contributed by atoms with Gasteiger partial charge in [-0.25, -0.2) is 0 Å². The lowest BCUT2D eigenvalue weighted by Crippen LogP contribution is -2.11. The van der Waals surface area contributed by atoms with Crippen LogP contribution in [0.4, 0.5) is 5.69 Å². The van der Waals surface area contributed by atoms with Gasteiger partial charge in [-0.15, -0.1) is 0 Å². The van der Waals surface area contributed by atoms with E-state index in [1.807, 2.05) is 60.7 Å². The summed E-state index contributed by atoms with van der Waals surface area (Å²) in [5, 5.41) is 3.48. The van der Waals surface area contributed by atoms with Gasteiger partial charge in [-0.3, -0.25) is 0 Å². The molecule has 1 N–H and O–H groups in total. The van der Waals surface area contributed by atoms with E-state index in [2.05, 4.69) is 35.6 Å². The maximum Gasteiger partial charge on any atom is 0.225 e. The summed E-state index contributed by atoms with van der Waals surface area (Å²) in [6.45, 7) is 1.96. The maximum absolute atomic E-state index is 6.21. The summed E-state index contributed by atoms with van der Waals surface area (Å²) in [7, 11) is 0. The summed E-state index contributed by atoms with van der Waals surface area (Å²) in [5.41, 5.74) is 6.85. The molecule has 0 aliphatic carbocycles. The van der Waals surface area contributed by atoms with Gasteiger partial charge in [0.25, 0.3) is 0 Å². The zero-order chi connectivity index (χ0) is 21.6. The van der Waals surface area contributed by atoms with Crippen molar-refractivity contribution < 1.29 is 9.47 Å². The van der Waals surface area contributed by atoms with E-state index in [-0.39, 0.29) is 0 Å². The molecule has 1 aromatic heterocycles. The molecule has 4 nitrogen and oxygen atoms in total. The molecule has 0 saturated heterocycles. The van der Waals surface area contributed by atoms with Crippen molar-refractivity contribution in [3.8, 4) is 22.9 Å². The molecule has 0 spiro atoms. The number of aromatic nitrogens is 1. The molecule has 32 heavy (non-hydrogen) atoms. The standard InChI is InChI=1S/C28H26N2O2/c1-3-8-21(9-4-1)19-31-27-16-14-25(23-13-15-26-24(18-23)12-7-17-29-26)28(30-27)32-20-22-10-5-2-6-11-22/h1-6,8-11,13-16,18,29H,7,12,17,19-20H2. The molecule has 0 bridgehead atoms. The summed E-state index contributed by atoms with van der Waals surface area (Å²) >= 11 is 0. The molecular formula is C28H26N2O2. The van der Waals surface area contributed by atoms with Gasteiger partial charge in [-0.05, 0) is 53.3 Å². The summed E-state index contributed by atoms with van der Waals surface area (Å²) in [5.74, 6) is 1.14. The summed E-state index contributed by atoms with van der Waals surface area (Å²) in [6.07, 6.45) is 2.24. The minimum absolute atomic E-state index is 0.454. The second-order valence-electron chi connectivity index (χ2n) is 7.95. The minimum Gasteiger partial charge on any atom is -0.473 e. The van der Waals surface area contributed by atoms with E-state index in [0.717, 1.165) is 41.6 Å². The number of anilines is 1. The second-order valence-corrected chi connectivity index (χ2v) is 7.95. The third-order valence-electron chi connectivity index (χ3n) is 5.64. The van der Waals surface area contributed by atoms with Crippen molar-refractivity contribution in [1.29, 1.82) is 0 Å². The molecule has 0 fully saturated rings. The quantitative estimate of drug-likeness (QED) is 0.381. The Kier molecular flexibility index (Phi) is 6.02. The van der Waals surface area contributed by atoms with E-state index in [4.69, 9.17) is 14.5 Å². The van der Waals surface area contributed by atoms with Crippen molar-refractivity contribution in [3.05, 3.63) is 108 Å². The Morgan fingerprint density at radius 1 is 0.750 bits per heavy atom. The molecule has 2 heterocycles. The number of hydrogen-bond acceptors (Lipinski definition) is 4. The highest BCUT2D eigenvalue weighted by Crippen LogP contribution is 2.34. The number of rotatable bonds is 7. The first-order valence-electron chi connectivity index (χ1n) is 11.1. The third kappa shape index (κ3) is 4.75. The molecular weight excluding hydrogens is 396 g/mol.